The van der Waals surface area contributed by atoms with E-state index in [9.17, 15) is 0 Å². The van der Waals surface area contributed by atoms with Crippen LogP contribution < -0.4 is 10.6 Å². The van der Waals surface area contributed by atoms with Crippen LogP contribution >= 0.6 is 0 Å². The summed E-state index contributed by atoms with van der Waals surface area (Å²) in [7, 11) is 0. The minimum Gasteiger partial charge on any atom is -0.357 e. The van der Waals surface area contributed by atoms with Gasteiger partial charge in [-0.25, -0.2) is 0 Å². The van der Waals surface area contributed by atoms with Crippen LogP contribution in [0, 0.1) is 0 Å². The Balaban J connectivity index is 1.49. The summed E-state index contributed by atoms with van der Waals surface area (Å²) < 4.78 is 2.08. The molecule has 0 bridgehead atoms. The Morgan fingerprint density at radius 3 is 2.63 bits per heavy atom. The molecule has 2 aromatic rings. The van der Waals surface area contributed by atoms with Crippen LogP contribution in [0.1, 0.15) is 56.8 Å². The molecule has 6 nitrogen and oxygen atoms in total. The molecule has 146 valence electrons. The average Bonchev–Trinajstić information content (AvgIpc) is 3.17. The van der Waals surface area contributed by atoms with Crippen LogP contribution in [-0.2, 0) is 13.0 Å². The Morgan fingerprint density at radius 1 is 1.15 bits per heavy atom. The first-order valence-electron chi connectivity index (χ1n) is 10.3. The van der Waals surface area contributed by atoms with Gasteiger partial charge in [-0.15, -0.1) is 10.2 Å². The summed E-state index contributed by atoms with van der Waals surface area (Å²) in [6.07, 6.45) is 7.54. The topological polar surface area (TPSA) is 67.1 Å². The zero-order valence-electron chi connectivity index (χ0n) is 16.6. The lowest BCUT2D eigenvalue weighted by Gasteiger charge is -2.30. The summed E-state index contributed by atoms with van der Waals surface area (Å²) in [5.74, 6) is 2.64. The van der Waals surface area contributed by atoms with E-state index in [-0.39, 0.29) is 0 Å². The molecule has 1 saturated carbocycles. The summed E-state index contributed by atoms with van der Waals surface area (Å²) in [5.41, 5.74) is 1.48. The molecule has 0 radical (unpaired) electrons. The van der Waals surface area contributed by atoms with Crippen molar-refractivity contribution in [1.29, 1.82) is 0 Å². The Morgan fingerprint density at radius 2 is 1.93 bits per heavy atom. The highest BCUT2D eigenvalue weighted by atomic mass is 15.3. The number of aromatic nitrogens is 3. The number of hydrogen-bond acceptors (Lipinski definition) is 3. The van der Waals surface area contributed by atoms with Crippen molar-refractivity contribution in [2.45, 2.75) is 64.5 Å². The van der Waals surface area contributed by atoms with Crippen molar-refractivity contribution < 1.29 is 0 Å². The molecule has 1 aliphatic carbocycles. The predicted molar refractivity (Wildman–Crippen MR) is 110 cm³/mol. The third kappa shape index (κ3) is 5.55. The molecule has 0 atom stereocenters. The van der Waals surface area contributed by atoms with Gasteiger partial charge in [-0.1, -0.05) is 37.3 Å². The number of hydrogen-bond donors (Lipinski definition) is 2. The Bertz CT molecular complexity index is 700. The Kier molecular flexibility index (Phi) is 7.25. The third-order valence-corrected chi connectivity index (χ3v) is 5.31. The lowest BCUT2D eigenvalue weighted by molar-refractivity contribution is 0.371. The number of aryl methyl sites for hydroxylation is 1. The number of benzene rings is 1. The van der Waals surface area contributed by atoms with Crippen molar-refractivity contribution in [3.05, 3.63) is 48.0 Å². The molecule has 1 aromatic carbocycles. The van der Waals surface area contributed by atoms with Crippen molar-refractivity contribution in [2.75, 3.05) is 13.1 Å². The highest BCUT2D eigenvalue weighted by molar-refractivity contribution is 5.80. The monoisotopic (exact) mass is 368 g/mol. The second-order valence-electron chi connectivity index (χ2n) is 7.16. The van der Waals surface area contributed by atoms with E-state index < -0.39 is 0 Å². The van der Waals surface area contributed by atoms with Gasteiger partial charge in [0.05, 0.1) is 6.54 Å². The zero-order chi connectivity index (χ0) is 18.9. The number of guanidine groups is 1. The molecule has 0 amide bonds. The first kappa shape index (κ1) is 19.4. The van der Waals surface area contributed by atoms with E-state index >= 15 is 0 Å². The van der Waals surface area contributed by atoms with Gasteiger partial charge in [0.1, 0.15) is 12.2 Å². The maximum absolute atomic E-state index is 4.75. The third-order valence-electron chi connectivity index (χ3n) is 5.31. The van der Waals surface area contributed by atoms with Gasteiger partial charge in [-0.3, -0.25) is 4.99 Å². The van der Waals surface area contributed by atoms with E-state index in [0.717, 1.165) is 37.8 Å². The lowest BCUT2D eigenvalue weighted by Crippen LogP contribution is -2.44. The second-order valence-corrected chi connectivity index (χ2v) is 7.16. The fourth-order valence-corrected chi connectivity index (χ4v) is 3.82. The van der Waals surface area contributed by atoms with Crippen molar-refractivity contribution in [3.63, 3.8) is 0 Å². The van der Waals surface area contributed by atoms with Crippen LogP contribution in [0.15, 0.2) is 41.7 Å². The van der Waals surface area contributed by atoms with Crippen LogP contribution in [0.4, 0.5) is 0 Å². The molecular formula is C21H32N6. The van der Waals surface area contributed by atoms with Gasteiger partial charge >= 0.3 is 0 Å². The van der Waals surface area contributed by atoms with E-state index in [2.05, 4.69) is 69.6 Å². The van der Waals surface area contributed by atoms with Crippen molar-refractivity contribution in [2.24, 2.45) is 4.99 Å². The molecule has 1 fully saturated rings. The molecule has 27 heavy (non-hydrogen) atoms. The van der Waals surface area contributed by atoms with Gasteiger partial charge in [-0.05, 0) is 44.1 Å². The van der Waals surface area contributed by atoms with Gasteiger partial charge in [-0.2, -0.15) is 0 Å². The van der Waals surface area contributed by atoms with Crippen molar-refractivity contribution >= 4 is 5.96 Å². The molecule has 1 aromatic heterocycles. The maximum Gasteiger partial charge on any atom is 0.191 e. The van der Waals surface area contributed by atoms with Crippen molar-refractivity contribution in [1.82, 2.24) is 25.4 Å². The summed E-state index contributed by atoms with van der Waals surface area (Å²) in [6, 6.07) is 11.4. The second kappa shape index (κ2) is 10.1. The molecule has 0 aliphatic heterocycles. The fraction of sp³-hybridized carbons (Fsp3) is 0.571. The number of aliphatic imine (C=N–C) groups is 1. The molecule has 0 saturated heterocycles. The van der Waals surface area contributed by atoms with E-state index in [0.29, 0.717) is 12.0 Å². The summed E-state index contributed by atoms with van der Waals surface area (Å²) in [5, 5.41) is 15.1. The number of nitrogens with zero attached hydrogens (tertiary/aromatic N) is 4. The summed E-state index contributed by atoms with van der Waals surface area (Å²) in [4.78, 5) is 4.75. The smallest absolute Gasteiger partial charge is 0.191 e. The molecule has 0 unspecified atom stereocenters. The van der Waals surface area contributed by atoms with E-state index in [4.69, 9.17) is 4.99 Å². The highest BCUT2D eigenvalue weighted by Crippen LogP contribution is 2.32. The van der Waals surface area contributed by atoms with Crippen LogP contribution in [0.5, 0.6) is 0 Å². The van der Waals surface area contributed by atoms with Crippen LogP contribution in [-0.4, -0.2) is 39.9 Å². The van der Waals surface area contributed by atoms with E-state index in [1.165, 1.54) is 31.2 Å². The molecule has 2 N–H and O–H groups in total. The molecule has 0 spiro atoms. The molecule has 1 heterocycles. The summed E-state index contributed by atoms with van der Waals surface area (Å²) in [6.45, 7) is 6.62. The average molecular weight is 369 g/mol. The maximum atomic E-state index is 4.75. The predicted octanol–water partition coefficient (Wildman–Crippen LogP) is 3.12. The standard InChI is InChI=1S/C21H32N6/c1-3-20-26-24-16-27(20)15-14-23-21(22-4-2)25-19-12-10-18(11-13-19)17-8-6-5-7-9-17/h5-9,16,18-19H,3-4,10-15H2,1-2H3,(H2,22,23,25). The SMILES string of the molecule is CCNC(=NCCn1cnnc1CC)NC1CCC(c2ccccc2)CC1. The quantitative estimate of drug-likeness (QED) is 0.582. The van der Waals surface area contributed by atoms with Gasteiger partial charge in [0.25, 0.3) is 0 Å². The molecular weight excluding hydrogens is 336 g/mol. The molecule has 3 rings (SSSR count). The Hall–Kier alpha value is -2.37. The molecule has 1 aliphatic rings. The summed E-state index contributed by atoms with van der Waals surface area (Å²) >= 11 is 0. The fourth-order valence-electron chi connectivity index (χ4n) is 3.82. The lowest BCUT2D eigenvalue weighted by atomic mass is 9.82. The van der Waals surface area contributed by atoms with Gasteiger partial charge < -0.3 is 15.2 Å². The number of nitrogens with one attached hydrogen (secondary N) is 2. The van der Waals surface area contributed by atoms with Crippen LogP contribution in [0.3, 0.4) is 0 Å². The van der Waals surface area contributed by atoms with E-state index in [1.54, 1.807) is 6.33 Å². The van der Waals surface area contributed by atoms with Gasteiger partial charge in [0, 0.05) is 25.6 Å². The molecule has 6 heteroatoms. The number of rotatable bonds is 7. The largest absolute Gasteiger partial charge is 0.357 e. The van der Waals surface area contributed by atoms with E-state index in [1.807, 2.05) is 0 Å². The Labute approximate surface area is 162 Å². The van der Waals surface area contributed by atoms with Crippen LogP contribution in [0.25, 0.3) is 0 Å². The minimum atomic E-state index is 0.504. The zero-order valence-corrected chi connectivity index (χ0v) is 16.6. The van der Waals surface area contributed by atoms with Crippen LogP contribution in [0.2, 0.25) is 0 Å². The van der Waals surface area contributed by atoms with Crippen molar-refractivity contribution in [3.8, 4) is 0 Å². The van der Waals surface area contributed by atoms with Gasteiger partial charge in [0.2, 0.25) is 0 Å². The normalized spacial score (nSPS) is 20.4. The minimum absolute atomic E-state index is 0.504. The first-order chi connectivity index (χ1) is 13.3. The van der Waals surface area contributed by atoms with Gasteiger partial charge in [0.15, 0.2) is 5.96 Å². The highest BCUT2D eigenvalue weighted by Gasteiger charge is 2.22. The first-order valence-corrected chi connectivity index (χ1v) is 10.3.